The van der Waals surface area contributed by atoms with Crippen molar-refractivity contribution in [1.29, 1.82) is 0 Å². The van der Waals surface area contributed by atoms with Gasteiger partial charge in [0.05, 0.1) is 12.7 Å². The highest BCUT2D eigenvalue weighted by molar-refractivity contribution is 5.94. The van der Waals surface area contributed by atoms with Gasteiger partial charge in [-0.3, -0.25) is 9.69 Å². The maximum atomic E-state index is 13.1. The van der Waals surface area contributed by atoms with Crippen molar-refractivity contribution in [3.63, 3.8) is 0 Å². The smallest absolute Gasteiger partial charge is 0.335 e. The van der Waals surface area contributed by atoms with Gasteiger partial charge in [0.1, 0.15) is 5.75 Å². The Morgan fingerprint density at radius 3 is 2.42 bits per heavy atom. The third kappa shape index (κ3) is 7.56. The van der Waals surface area contributed by atoms with Crippen molar-refractivity contribution in [3.05, 3.63) is 113 Å². The number of rotatable bonds is 7. The number of carboxylic acids is 1. The van der Waals surface area contributed by atoms with E-state index in [1.54, 1.807) is 26.2 Å². The van der Waals surface area contributed by atoms with Gasteiger partial charge in [0.15, 0.2) is 0 Å². The summed E-state index contributed by atoms with van der Waals surface area (Å²) in [5.74, 6) is 0.0309. The summed E-state index contributed by atoms with van der Waals surface area (Å²) in [5, 5.41) is 8.66. The number of aromatic carboxylic acids is 1. The Labute approximate surface area is 226 Å². The molecule has 3 aromatic carbocycles. The standard InChI is InChI=1S/C23H28N2O2.C9H10O2/c1-4-8-19-16-20(11-12-22(19)27-3)23(26)25-14-13-24(2)21(17-25)15-18-9-6-5-7-10-18;1-6-3-4-8(9(10)11)7(2)5-6/h4-7,9-12,16,21H,1,8,13-15,17H2,2-3H3;3-5H,1-2H3,(H,10,11). The van der Waals surface area contributed by atoms with Crippen molar-refractivity contribution >= 4 is 11.9 Å². The van der Waals surface area contributed by atoms with Crippen molar-refractivity contribution in [3.8, 4) is 5.75 Å². The first-order valence-corrected chi connectivity index (χ1v) is 12.8. The topological polar surface area (TPSA) is 70.1 Å². The Bertz CT molecular complexity index is 1260. The van der Waals surface area contributed by atoms with Crippen LogP contribution in [0, 0.1) is 13.8 Å². The predicted octanol–water partition coefficient (Wildman–Crippen LogP) is 5.42. The molecule has 1 atom stereocenters. The molecular weight excluding hydrogens is 476 g/mol. The minimum absolute atomic E-state index is 0.0918. The van der Waals surface area contributed by atoms with Crippen LogP contribution in [0.5, 0.6) is 5.75 Å². The molecule has 1 aliphatic heterocycles. The minimum Gasteiger partial charge on any atom is -0.496 e. The number of piperazine rings is 1. The highest BCUT2D eigenvalue weighted by atomic mass is 16.5. The molecule has 1 heterocycles. The van der Waals surface area contributed by atoms with E-state index in [0.717, 1.165) is 54.1 Å². The highest BCUT2D eigenvalue weighted by Crippen LogP contribution is 2.23. The number of aryl methyl sites for hydroxylation is 2. The molecule has 6 heteroatoms. The highest BCUT2D eigenvalue weighted by Gasteiger charge is 2.28. The van der Waals surface area contributed by atoms with Crippen molar-refractivity contribution in [2.45, 2.75) is 32.7 Å². The average Bonchev–Trinajstić information content (AvgIpc) is 2.90. The van der Waals surface area contributed by atoms with E-state index in [1.807, 2.05) is 48.2 Å². The van der Waals surface area contributed by atoms with Crippen LogP contribution in [0.3, 0.4) is 0 Å². The molecule has 38 heavy (non-hydrogen) atoms. The maximum Gasteiger partial charge on any atom is 0.335 e. The van der Waals surface area contributed by atoms with Crippen molar-refractivity contribution in [2.24, 2.45) is 0 Å². The van der Waals surface area contributed by atoms with Gasteiger partial charge < -0.3 is 14.7 Å². The second-order valence-electron chi connectivity index (χ2n) is 9.72. The zero-order valence-electron chi connectivity index (χ0n) is 22.8. The third-order valence-corrected chi connectivity index (χ3v) is 6.88. The fraction of sp³-hybridized carbons (Fsp3) is 0.312. The molecule has 4 rings (SSSR count). The van der Waals surface area contributed by atoms with Gasteiger partial charge in [-0.1, -0.05) is 54.1 Å². The summed E-state index contributed by atoms with van der Waals surface area (Å²) >= 11 is 0. The molecule has 6 nitrogen and oxygen atoms in total. The number of hydrogen-bond donors (Lipinski definition) is 1. The van der Waals surface area contributed by atoms with Crippen LogP contribution in [0.25, 0.3) is 0 Å². The number of hydrogen-bond acceptors (Lipinski definition) is 4. The molecule has 1 N–H and O–H groups in total. The van der Waals surface area contributed by atoms with Gasteiger partial charge >= 0.3 is 5.97 Å². The summed E-state index contributed by atoms with van der Waals surface area (Å²) < 4.78 is 5.40. The molecule has 0 aliphatic carbocycles. The molecule has 1 saturated heterocycles. The Balaban J connectivity index is 0.000000304. The first-order chi connectivity index (χ1) is 18.2. The summed E-state index contributed by atoms with van der Waals surface area (Å²) in [6, 6.07) is 21.8. The van der Waals surface area contributed by atoms with Crippen LogP contribution in [-0.2, 0) is 12.8 Å². The van der Waals surface area contributed by atoms with Gasteiger partial charge in [0.2, 0.25) is 0 Å². The molecule has 1 unspecified atom stereocenters. The predicted molar refractivity (Wildman–Crippen MR) is 152 cm³/mol. The Morgan fingerprint density at radius 1 is 1.05 bits per heavy atom. The number of carboxylic acid groups (broad SMARTS) is 1. The molecule has 0 aromatic heterocycles. The lowest BCUT2D eigenvalue weighted by molar-refractivity contribution is 0.0547. The third-order valence-electron chi connectivity index (χ3n) is 6.88. The monoisotopic (exact) mass is 514 g/mol. The number of methoxy groups -OCH3 is 1. The van der Waals surface area contributed by atoms with Gasteiger partial charge in [-0.2, -0.15) is 0 Å². The fourth-order valence-electron chi connectivity index (χ4n) is 4.70. The zero-order chi connectivity index (χ0) is 27.7. The number of carbonyl (C=O) groups excluding carboxylic acids is 1. The molecule has 0 spiro atoms. The normalized spacial score (nSPS) is 15.3. The molecule has 1 fully saturated rings. The summed E-state index contributed by atoms with van der Waals surface area (Å²) in [5.41, 5.74) is 5.31. The second-order valence-corrected chi connectivity index (χ2v) is 9.72. The van der Waals surface area contributed by atoms with Gasteiger partial charge in [-0.15, -0.1) is 6.58 Å². The molecule has 3 aromatic rings. The first-order valence-electron chi connectivity index (χ1n) is 12.8. The second kappa shape index (κ2) is 13.6. The lowest BCUT2D eigenvalue weighted by Crippen LogP contribution is -2.54. The van der Waals surface area contributed by atoms with E-state index in [1.165, 1.54) is 5.56 Å². The van der Waals surface area contributed by atoms with Crippen LogP contribution in [0.4, 0.5) is 0 Å². The Hall–Kier alpha value is -3.90. The minimum atomic E-state index is -0.859. The van der Waals surface area contributed by atoms with E-state index in [2.05, 4.69) is 42.8 Å². The SMILES string of the molecule is C=CCc1cc(C(=O)N2CCN(C)C(Cc3ccccc3)C2)ccc1OC.Cc1ccc(C(=O)O)c(C)c1. The van der Waals surface area contributed by atoms with E-state index in [0.29, 0.717) is 18.0 Å². The van der Waals surface area contributed by atoms with Gasteiger partial charge in [0, 0.05) is 31.2 Å². The average molecular weight is 515 g/mol. The van der Waals surface area contributed by atoms with Crippen LogP contribution in [-0.4, -0.2) is 66.6 Å². The van der Waals surface area contributed by atoms with Crippen LogP contribution in [0.15, 0.2) is 79.4 Å². The Morgan fingerprint density at radius 2 is 1.79 bits per heavy atom. The fourth-order valence-corrected chi connectivity index (χ4v) is 4.70. The molecular formula is C32H38N2O4. The van der Waals surface area contributed by atoms with E-state index < -0.39 is 5.97 Å². The number of nitrogens with zero attached hydrogens (tertiary/aromatic N) is 2. The van der Waals surface area contributed by atoms with E-state index in [4.69, 9.17) is 9.84 Å². The van der Waals surface area contributed by atoms with Crippen LogP contribution < -0.4 is 4.74 Å². The lowest BCUT2D eigenvalue weighted by Gasteiger charge is -2.39. The van der Waals surface area contributed by atoms with E-state index >= 15 is 0 Å². The van der Waals surface area contributed by atoms with Gasteiger partial charge in [-0.05, 0) is 74.7 Å². The lowest BCUT2D eigenvalue weighted by atomic mass is 10.0. The first kappa shape index (κ1) is 28.7. The number of amides is 1. The largest absolute Gasteiger partial charge is 0.496 e. The summed E-state index contributed by atoms with van der Waals surface area (Å²) in [7, 11) is 3.79. The Kier molecular flexibility index (Phi) is 10.3. The van der Waals surface area contributed by atoms with E-state index in [-0.39, 0.29) is 5.91 Å². The van der Waals surface area contributed by atoms with Crippen molar-refractivity contribution in [1.82, 2.24) is 9.80 Å². The van der Waals surface area contributed by atoms with Crippen LogP contribution in [0.2, 0.25) is 0 Å². The zero-order valence-corrected chi connectivity index (χ0v) is 22.8. The van der Waals surface area contributed by atoms with Crippen LogP contribution >= 0.6 is 0 Å². The number of allylic oxidation sites excluding steroid dienone is 1. The molecule has 0 bridgehead atoms. The summed E-state index contributed by atoms with van der Waals surface area (Å²) in [4.78, 5) is 28.0. The number of ether oxygens (including phenoxy) is 1. The molecule has 200 valence electrons. The summed E-state index contributed by atoms with van der Waals surface area (Å²) in [6.07, 6.45) is 3.47. The molecule has 1 amide bonds. The quantitative estimate of drug-likeness (QED) is 0.426. The number of benzene rings is 3. The molecule has 0 saturated carbocycles. The maximum absolute atomic E-state index is 13.1. The van der Waals surface area contributed by atoms with Crippen molar-refractivity contribution in [2.75, 3.05) is 33.8 Å². The molecule has 0 radical (unpaired) electrons. The van der Waals surface area contributed by atoms with Crippen LogP contribution in [0.1, 0.15) is 43.0 Å². The van der Waals surface area contributed by atoms with Gasteiger partial charge in [0.25, 0.3) is 5.91 Å². The van der Waals surface area contributed by atoms with Gasteiger partial charge in [-0.25, -0.2) is 4.79 Å². The number of carbonyl (C=O) groups is 2. The van der Waals surface area contributed by atoms with Crippen molar-refractivity contribution < 1.29 is 19.4 Å². The van der Waals surface area contributed by atoms with E-state index in [9.17, 15) is 9.59 Å². The summed E-state index contributed by atoms with van der Waals surface area (Å²) in [6.45, 7) is 9.93. The number of likely N-dealkylation sites (N-methyl/N-ethyl adjacent to an activating group) is 1. The molecule has 1 aliphatic rings.